The summed E-state index contributed by atoms with van der Waals surface area (Å²) in [6.07, 6.45) is 1.68. The highest BCUT2D eigenvalue weighted by Crippen LogP contribution is 2.35. The van der Waals surface area contributed by atoms with Crippen molar-refractivity contribution in [3.8, 4) is 17.6 Å². The number of carboxylic acids is 1. The van der Waals surface area contributed by atoms with E-state index in [2.05, 4.69) is 21.7 Å². The molecule has 3 aromatic rings. The van der Waals surface area contributed by atoms with Gasteiger partial charge in [0.1, 0.15) is 17.4 Å². The first-order chi connectivity index (χ1) is 17.8. The molecule has 2 aromatic carbocycles. The standard InChI is InChI=1S/C29H30F2N2O4/c1-37-23-8-9-26-24(16-23)29(25(31)17-32-26)27(34)10-7-20-11-13-33(18-21(20)15-28(35)36)12-3-5-19-4-2-6-22(30)14-19/h2,4,6,8-9,14,16-17,20-21,27,34H,7,10-13,15,18H2,1H3,(H,35,36)/t20-,21-,27+/m1/s1. The van der Waals surface area contributed by atoms with Crippen LogP contribution in [0.4, 0.5) is 8.78 Å². The lowest BCUT2D eigenvalue weighted by atomic mass is 9.79. The van der Waals surface area contributed by atoms with E-state index in [0.717, 1.165) is 19.2 Å². The number of likely N-dealkylation sites (tertiary alicyclic amines) is 1. The summed E-state index contributed by atoms with van der Waals surface area (Å²) < 4.78 is 33.4. The SMILES string of the molecule is COc1ccc2ncc(F)c([C@@H](O)CC[C@@H]3CCN(CC#Cc4cccc(F)c4)C[C@H]3CC(=O)O)c2c1. The zero-order chi connectivity index (χ0) is 26.4. The Morgan fingerprint density at radius 2 is 2.08 bits per heavy atom. The number of benzene rings is 2. The molecule has 1 fully saturated rings. The van der Waals surface area contributed by atoms with Crippen molar-refractivity contribution in [1.29, 1.82) is 0 Å². The van der Waals surface area contributed by atoms with Crippen molar-refractivity contribution in [1.82, 2.24) is 9.88 Å². The molecule has 0 spiro atoms. The van der Waals surface area contributed by atoms with Crippen LogP contribution < -0.4 is 4.74 Å². The Balaban J connectivity index is 1.42. The molecule has 1 aromatic heterocycles. The first kappa shape index (κ1) is 26.5. The van der Waals surface area contributed by atoms with E-state index in [1.807, 2.05) is 0 Å². The molecule has 4 rings (SSSR count). The van der Waals surface area contributed by atoms with E-state index in [1.54, 1.807) is 30.3 Å². The highest BCUT2D eigenvalue weighted by Gasteiger charge is 2.31. The molecule has 194 valence electrons. The third-order valence-corrected chi connectivity index (χ3v) is 6.98. The fourth-order valence-corrected chi connectivity index (χ4v) is 5.10. The quantitative estimate of drug-likeness (QED) is 0.426. The molecule has 3 atom stereocenters. The van der Waals surface area contributed by atoms with Crippen LogP contribution in [-0.2, 0) is 4.79 Å². The molecule has 0 aliphatic carbocycles. The Hall–Kier alpha value is -3.54. The number of nitrogens with zero attached hydrogens (tertiary/aromatic N) is 2. The number of hydrogen-bond acceptors (Lipinski definition) is 5. The molecule has 2 heterocycles. The minimum atomic E-state index is -1.06. The highest BCUT2D eigenvalue weighted by atomic mass is 19.1. The number of aliphatic hydroxyl groups is 1. The van der Waals surface area contributed by atoms with E-state index >= 15 is 0 Å². The molecule has 1 saturated heterocycles. The maximum Gasteiger partial charge on any atom is 0.303 e. The summed E-state index contributed by atoms with van der Waals surface area (Å²) >= 11 is 0. The van der Waals surface area contributed by atoms with Crippen molar-refractivity contribution in [2.24, 2.45) is 11.8 Å². The first-order valence-electron chi connectivity index (χ1n) is 12.3. The van der Waals surface area contributed by atoms with Crippen LogP contribution >= 0.6 is 0 Å². The van der Waals surface area contributed by atoms with Gasteiger partial charge in [-0.1, -0.05) is 17.9 Å². The second-order valence-corrected chi connectivity index (χ2v) is 9.45. The number of aliphatic hydroxyl groups excluding tert-OH is 1. The molecule has 0 amide bonds. The van der Waals surface area contributed by atoms with Crippen LogP contribution in [0.1, 0.15) is 42.9 Å². The Morgan fingerprint density at radius 3 is 2.84 bits per heavy atom. The average molecular weight is 509 g/mol. The van der Waals surface area contributed by atoms with Crippen molar-refractivity contribution in [2.75, 3.05) is 26.7 Å². The van der Waals surface area contributed by atoms with Gasteiger partial charge in [-0.25, -0.2) is 8.78 Å². The lowest BCUT2D eigenvalue weighted by Gasteiger charge is -2.37. The number of ether oxygens (including phenoxy) is 1. The van der Waals surface area contributed by atoms with Crippen molar-refractivity contribution < 1.29 is 28.5 Å². The summed E-state index contributed by atoms with van der Waals surface area (Å²) in [6.45, 7) is 1.76. The molecule has 37 heavy (non-hydrogen) atoms. The number of methoxy groups -OCH3 is 1. The van der Waals surface area contributed by atoms with E-state index in [1.165, 1.54) is 19.2 Å². The van der Waals surface area contributed by atoms with E-state index < -0.39 is 17.9 Å². The fraction of sp³-hybridized carbons (Fsp3) is 0.379. The van der Waals surface area contributed by atoms with E-state index in [0.29, 0.717) is 48.1 Å². The number of rotatable bonds is 8. The van der Waals surface area contributed by atoms with Crippen LogP contribution in [-0.4, -0.2) is 52.8 Å². The number of piperidine rings is 1. The van der Waals surface area contributed by atoms with Gasteiger partial charge >= 0.3 is 5.97 Å². The first-order valence-corrected chi connectivity index (χ1v) is 12.3. The zero-order valence-corrected chi connectivity index (χ0v) is 20.7. The summed E-state index contributed by atoms with van der Waals surface area (Å²) in [7, 11) is 1.52. The van der Waals surface area contributed by atoms with Gasteiger partial charge in [-0.15, -0.1) is 0 Å². The zero-order valence-electron chi connectivity index (χ0n) is 20.7. The number of carbonyl (C=O) groups is 1. The normalized spacial score (nSPS) is 18.7. The minimum absolute atomic E-state index is 0.0122. The highest BCUT2D eigenvalue weighted by molar-refractivity contribution is 5.84. The molecule has 1 aliphatic heterocycles. The summed E-state index contributed by atoms with van der Waals surface area (Å²) in [5, 5.41) is 21.0. The van der Waals surface area contributed by atoms with Gasteiger partial charge in [0, 0.05) is 29.5 Å². The molecule has 1 aliphatic rings. The van der Waals surface area contributed by atoms with Crippen molar-refractivity contribution >= 4 is 16.9 Å². The predicted octanol–water partition coefficient (Wildman–Crippen LogP) is 4.80. The topological polar surface area (TPSA) is 82.9 Å². The monoisotopic (exact) mass is 508 g/mol. The number of carboxylic acid groups (broad SMARTS) is 1. The smallest absolute Gasteiger partial charge is 0.303 e. The largest absolute Gasteiger partial charge is 0.497 e. The van der Waals surface area contributed by atoms with Gasteiger partial charge in [-0.2, -0.15) is 0 Å². The number of fused-ring (bicyclic) bond motifs is 1. The van der Waals surface area contributed by atoms with Crippen LogP contribution in [0.25, 0.3) is 10.9 Å². The number of aliphatic carboxylic acids is 1. The number of halogens is 2. The van der Waals surface area contributed by atoms with Crippen molar-refractivity contribution in [3.63, 3.8) is 0 Å². The number of pyridine rings is 1. The second kappa shape index (κ2) is 12.1. The maximum absolute atomic E-state index is 14.8. The molecule has 0 saturated carbocycles. The molecular formula is C29H30F2N2O4. The lowest BCUT2D eigenvalue weighted by molar-refractivity contribution is -0.139. The Morgan fingerprint density at radius 1 is 1.24 bits per heavy atom. The molecule has 8 heteroatoms. The van der Waals surface area contributed by atoms with Crippen molar-refractivity contribution in [2.45, 2.75) is 31.8 Å². The second-order valence-electron chi connectivity index (χ2n) is 9.45. The molecule has 6 nitrogen and oxygen atoms in total. The van der Waals surface area contributed by atoms with Crippen LogP contribution in [0.5, 0.6) is 5.75 Å². The van der Waals surface area contributed by atoms with Gasteiger partial charge in [0.2, 0.25) is 0 Å². The fourth-order valence-electron chi connectivity index (χ4n) is 5.10. The van der Waals surface area contributed by atoms with E-state index in [-0.39, 0.29) is 29.6 Å². The molecule has 0 unspecified atom stereocenters. The summed E-state index contributed by atoms with van der Waals surface area (Å²) in [4.78, 5) is 17.8. The van der Waals surface area contributed by atoms with Gasteiger partial charge in [-0.05, 0) is 74.0 Å². The molecular weight excluding hydrogens is 478 g/mol. The van der Waals surface area contributed by atoms with Gasteiger partial charge in [0.25, 0.3) is 0 Å². The van der Waals surface area contributed by atoms with Crippen molar-refractivity contribution in [3.05, 3.63) is 71.4 Å². The number of aromatic nitrogens is 1. The van der Waals surface area contributed by atoms with Gasteiger partial charge in [0.15, 0.2) is 0 Å². The van der Waals surface area contributed by atoms with Gasteiger partial charge in [0.05, 0.1) is 31.5 Å². The molecule has 0 radical (unpaired) electrons. The van der Waals surface area contributed by atoms with Gasteiger partial charge < -0.3 is 14.9 Å². The maximum atomic E-state index is 14.8. The Bertz CT molecular complexity index is 1320. The van der Waals surface area contributed by atoms with Crippen LogP contribution in [0.2, 0.25) is 0 Å². The van der Waals surface area contributed by atoms with E-state index in [4.69, 9.17) is 4.74 Å². The molecule has 0 bridgehead atoms. The Labute approximate surface area is 214 Å². The predicted molar refractivity (Wildman–Crippen MR) is 136 cm³/mol. The van der Waals surface area contributed by atoms with Crippen LogP contribution in [0.15, 0.2) is 48.7 Å². The summed E-state index contributed by atoms with van der Waals surface area (Å²) in [5.41, 5.74) is 1.34. The minimum Gasteiger partial charge on any atom is -0.497 e. The average Bonchev–Trinajstić information content (AvgIpc) is 2.87. The summed E-state index contributed by atoms with van der Waals surface area (Å²) in [5.74, 6) is 4.72. The van der Waals surface area contributed by atoms with Crippen LogP contribution in [0, 0.1) is 35.3 Å². The third-order valence-electron chi connectivity index (χ3n) is 6.98. The van der Waals surface area contributed by atoms with Crippen LogP contribution in [0.3, 0.4) is 0 Å². The van der Waals surface area contributed by atoms with E-state index in [9.17, 15) is 23.8 Å². The lowest BCUT2D eigenvalue weighted by Crippen LogP contribution is -2.41. The van der Waals surface area contributed by atoms with Gasteiger partial charge in [-0.3, -0.25) is 14.7 Å². The number of hydrogen-bond donors (Lipinski definition) is 2. The third kappa shape index (κ3) is 6.82. The summed E-state index contributed by atoms with van der Waals surface area (Å²) in [6, 6.07) is 11.2. The molecule has 2 N–H and O–H groups in total. The Kier molecular flexibility index (Phi) is 8.70.